The molecule has 7 nitrogen and oxygen atoms in total. The van der Waals surface area contributed by atoms with Gasteiger partial charge in [0.25, 0.3) is 0 Å². The van der Waals surface area contributed by atoms with Gasteiger partial charge in [-0.3, -0.25) is 0 Å². The number of oxime groups is 1. The molecule has 0 spiro atoms. The maximum Gasteiger partial charge on any atom is 0.380 e. The molecule has 4 rings (SSSR count). The Balaban J connectivity index is 1.82. The zero-order chi connectivity index (χ0) is 20.8. The van der Waals surface area contributed by atoms with E-state index in [0.29, 0.717) is 28.9 Å². The normalized spacial score (nSPS) is 32.7. The Hall–Kier alpha value is -1.80. The number of methoxy groups -OCH3 is 1. The summed E-state index contributed by atoms with van der Waals surface area (Å²) in [6.07, 6.45) is 8.33. The summed E-state index contributed by atoms with van der Waals surface area (Å²) < 4.78 is 33.4. The van der Waals surface area contributed by atoms with Crippen molar-refractivity contribution in [3.8, 4) is 11.5 Å². The minimum Gasteiger partial charge on any atom is -0.493 e. The fraction of sp³-hybridized carbons (Fsp3) is 0.667. The number of hydrogen-bond acceptors (Lipinski definition) is 6. The van der Waals surface area contributed by atoms with Gasteiger partial charge in [-0.15, -0.1) is 0 Å². The van der Waals surface area contributed by atoms with Gasteiger partial charge < -0.3 is 13.8 Å². The van der Waals surface area contributed by atoms with Gasteiger partial charge >= 0.3 is 10.3 Å². The average Bonchev–Trinajstić information content (AvgIpc) is 2.66. The molecule has 4 atom stereocenters. The smallest absolute Gasteiger partial charge is 0.380 e. The highest BCUT2D eigenvalue weighted by Gasteiger charge is 2.50. The van der Waals surface area contributed by atoms with Crippen LogP contribution in [-0.2, 0) is 15.1 Å². The molecule has 0 saturated heterocycles. The molecule has 3 aliphatic rings. The van der Waals surface area contributed by atoms with Crippen LogP contribution >= 0.6 is 0 Å². The lowest BCUT2D eigenvalue weighted by atomic mass is 9.50. The molecular formula is C21H30N2O5S. The van der Waals surface area contributed by atoms with Gasteiger partial charge in [0.1, 0.15) is 7.11 Å². The SMILES string of the molecule is CO/N=C1\C[C@@H]2[C@H](CC[C@]3(C)CCCC[C@@H]23)c2cc(OC)c(OS(N)(=O)=O)cc21. The van der Waals surface area contributed by atoms with Gasteiger partial charge in [0.15, 0.2) is 11.5 Å². The zero-order valence-corrected chi connectivity index (χ0v) is 18.1. The van der Waals surface area contributed by atoms with E-state index in [2.05, 4.69) is 12.1 Å². The zero-order valence-electron chi connectivity index (χ0n) is 17.3. The van der Waals surface area contributed by atoms with Crippen LogP contribution in [0.1, 0.15) is 68.9 Å². The second-order valence-electron chi connectivity index (χ2n) is 8.91. The van der Waals surface area contributed by atoms with Gasteiger partial charge in [-0.25, -0.2) is 0 Å². The van der Waals surface area contributed by atoms with Crippen LogP contribution < -0.4 is 14.1 Å². The molecular weight excluding hydrogens is 392 g/mol. The van der Waals surface area contributed by atoms with Crippen LogP contribution in [0.2, 0.25) is 0 Å². The number of rotatable bonds is 4. The lowest BCUT2D eigenvalue weighted by Crippen LogP contribution is -2.45. The topological polar surface area (TPSA) is 100 Å². The summed E-state index contributed by atoms with van der Waals surface area (Å²) in [4.78, 5) is 5.15. The first kappa shape index (κ1) is 20.5. The average molecular weight is 423 g/mol. The summed E-state index contributed by atoms with van der Waals surface area (Å²) in [5, 5.41) is 9.40. The van der Waals surface area contributed by atoms with Gasteiger partial charge in [0.05, 0.1) is 12.8 Å². The Morgan fingerprint density at radius 3 is 2.62 bits per heavy atom. The van der Waals surface area contributed by atoms with Crippen molar-refractivity contribution in [2.24, 2.45) is 27.5 Å². The lowest BCUT2D eigenvalue weighted by molar-refractivity contribution is 0.00370. The molecule has 1 aromatic rings. The van der Waals surface area contributed by atoms with Crippen LogP contribution in [0.3, 0.4) is 0 Å². The minimum atomic E-state index is -4.16. The van der Waals surface area contributed by atoms with Crippen molar-refractivity contribution in [1.29, 1.82) is 0 Å². The van der Waals surface area contributed by atoms with Gasteiger partial charge in [0, 0.05) is 5.56 Å². The summed E-state index contributed by atoms with van der Waals surface area (Å²) >= 11 is 0. The second kappa shape index (κ2) is 7.47. The Morgan fingerprint density at radius 2 is 1.93 bits per heavy atom. The van der Waals surface area contributed by atoms with Crippen molar-refractivity contribution < 1.29 is 22.2 Å². The van der Waals surface area contributed by atoms with Crippen LogP contribution in [0.5, 0.6) is 11.5 Å². The van der Waals surface area contributed by atoms with Crippen molar-refractivity contribution in [3.05, 3.63) is 23.3 Å². The monoisotopic (exact) mass is 422 g/mol. The van der Waals surface area contributed by atoms with Crippen LogP contribution in [0.25, 0.3) is 0 Å². The van der Waals surface area contributed by atoms with Gasteiger partial charge in [-0.1, -0.05) is 24.9 Å². The minimum absolute atomic E-state index is 0.0781. The highest BCUT2D eigenvalue weighted by Crippen LogP contribution is 2.60. The standard InChI is InChI=1S/C21H30N2O5S/c1-21-8-5-4-6-17(21)15-10-18(23-27-3)16-12-20(28-29(22,24)25)19(26-2)11-14(16)13(15)7-9-21/h11-13,15,17H,4-10H2,1-3H3,(H2,22,24,25)/b23-18+/t13-,15-,17+,21+/m1/s1. The van der Waals surface area contributed by atoms with Gasteiger partial charge in [-0.2, -0.15) is 13.6 Å². The number of benzene rings is 1. The van der Waals surface area contributed by atoms with Gasteiger partial charge in [0.2, 0.25) is 0 Å². The van der Waals surface area contributed by atoms with E-state index in [1.165, 1.54) is 46.3 Å². The molecule has 2 N–H and O–H groups in total. The Labute approximate surface area is 172 Å². The molecule has 1 aromatic carbocycles. The van der Waals surface area contributed by atoms with Crippen molar-refractivity contribution in [2.75, 3.05) is 14.2 Å². The summed E-state index contributed by atoms with van der Waals surface area (Å²) in [6.45, 7) is 2.46. The maximum absolute atomic E-state index is 11.5. The molecule has 0 aromatic heterocycles. The molecule has 0 bridgehead atoms. The van der Waals surface area contributed by atoms with E-state index < -0.39 is 10.3 Å². The highest BCUT2D eigenvalue weighted by atomic mass is 32.2. The Bertz CT molecular complexity index is 929. The molecule has 0 heterocycles. The summed E-state index contributed by atoms with van der Waals surface area (Å²) in [5.41, 5.74) is 3.24. The number of nitrogens with zero attached hydrogens (tertiary/aromatic N) is 1. The molecule has 2 fully saturated rings. The molecule has 8 heteroatoms. The van der Waals surface area contributed by atoms with Crippen molar-refractivity contribution >= 4 is 16.0 Å². The predicted molar refractivity (Wildman–Crippen MR) is 110 cm³/mol. The first-order valence-corrected chi connectivity index (χ1v) is 11.8. The molecule has 160 valence electrons. The van der Waals surface area contributed by atoms with E-state index in [1.807, 2.05) is 6.07 Å². The van der Waals surface area contributed by atoms with Crippen LogP contribution in [0.15, 0.2) is 17.3 Å². The fourth-order valence-electron chi connectivity index (χ4n) is 6.13. The van der Waals surface area contributed by atoms with Crippen LogP contribution in [0.4, 0.5) is 0 Å². The third-order valence-electron chi connectivity index (χ3n) is 7.35. The van der Waals surface area contributed by atoms with Gasteiger partial charge in [-0.05, 0) is 73.0 Å². The predicted octanol–water partition coefficient (Wildman–Crippen LogP) is 3.72. The molecule has 3 aliphatic carbocycles. The van der Waals surface area contributed by atoms with Crippen LogP contribution in [-0.4, -0.2) is 28.3 Å². The van der Waals surface area contributed by atoms with E-state index >= 15 is 0 Å². The van der Waals surface area contributed by atoms with E-state index in [1.54, 1.807) is 6.07 Å². The van der Waals surface area contributed by atoms with Crippen molar-refractivity contribution in [3.63, 3.8) is 0 Å². The summed E-state index contributed by atoms with van der Waals surface area (Å²) in [6, 6.07) is 3.59. The maximum atomic E-state index is 11.5. The Kier molecular flexibility index (Phi) is 5.27. The number of hydrogen-bond donors (Lipinski definition) is 1. The van der Waals surface area contributed by atoms with E-state index in [-0.39, 0.29) is 5.75 Å². The molecule has 2 saturated carbocycles. The number of nitrogens with two attached hydrogens (primary N) is 1. The fourth-order valence-corrected chi connectivity index (χ4v) is 6.51. The van der Waals surface area contributed by atoms with Crippen molar-refractivity contribution in [2.45, 2.75) is 57.8 Å². The third-order valence-corrected chi connectivity index (χ3v) is 7.76. The molecule has 0 amide bonds. The van der Waals surface area contributed by atoms with E-state index in [0.717, 1.165) is 29.7 Å². The van der Waals surface area contributed by atoms with Crippen LogP contribution in [0, 0.1) is 17.3 Å². The largest absolute Gasteiger partial charge is 0.493 e. The van der Waals surface area contributed by atoms with Crippen molar-refractivity contribution in [1.82, 2.24) is 0 Å². The van der Waals surface area contributed by atoms with E-state index in [9.17, 15) is 8.42 Å². The highest BCUT2D eigenvalue weighted by molar-refractivity contribution is 7.84. The third kappa shape index (κ3) is 3.72. The summed E-state index contributed by atoms with van der Waals surface area (Å²) in [7, 11) is -1.13. The molecule has 0 radical (unpaired) electrons. The first-order chi connectivity index (χ1) is 13.8. The Morgan fingerprint density at radius 1 is 1.14 bits per heavy atom. The number of fused-ring (bicyclic) bond motifs is 5. The molecule has 29 heavy (non-hydrogen) atoms. The first-order valence-electron chi connectivity index (χ1n) is 10.3. The molecule has 0 unspecified atom stereocenters. The quantitative estimate of drug-likeness (QED) is 0.745. The second-order valence-corrected chi connectivity index (χ2v) is 10.1. The summed E-state index contributed by atoms with van der Waals surface area (Å²) in [5.74, 6) is 2.01. The lowest BCUT2D eigenvalue weighted by Gasteiger charge is -2.54. The number of ether oxygens (including phenoxy) is 1. The van der Waals surface area contributed by atoms with E-state index in [4.69, 9.17) is 18.9 Å². The molecule has 0 aliphatic heterocycles.